The molecule has 0 unspecified atom stereocenters. The van der Waals surface area contributed by atoms with E-state index in [-0.39, 0.29) is 18.1 Å². The van der Waals surface area contributed by atoms with E-state index in [1.54, 1.807) is 6.92 Å². The highest BCUT2D eigenvalue weighted by atomic mass is 16.4. The molecule has 0 N–H and O–H groups in total. The zero-order valence-electron chi connectivity index (χ0n) is 7.50. The lowest BCUT2D eigenvalue weighted by Crippen LogP contribution is -2.10. The van der Waals surface area contributed by atoms with Crippen LogP contribution in [0.25, 0.3) is 0 Å². The van der Waals surface area contributed by atoms with Crippen molar-refractivity contribution in [3.63, 3.8) is 0 Å². The topological polar surface area (TPSA) is 56.0 Å². The maximum atomic E-state index is 11.2. The van der Waals surface area contributed by atoms with Crippen LogP contribution in [-0.2, 0) is 11.2 Å². The van der Waals surface area contributed by atoms with Crippen molar-refractivity contribution in [3.05, 3.63) is 11.8 Å². The second-order valence-corrected chi connectivity index (χ2v) is 3.01. The van der Waals surface area contributed by atoms with Crippen molar-refractivity contribution in [1.29, 1.82) is 0 Å². The summed E-state index contributed by atoms with van der Waals surface area (Å²) >= 11 is 0. The highest BCUT2D eigenvalue weighted by molar-refractivity contribution is 5.81. The van der Waals surface area contributed by atoms with Gasteiger partial charge in [0.05, 0.1) is 6.42 Å². The van der Waals surface area contributed by atoms with Crippen molar-refractivity contribution < 1.29 is 9.21 Å². The average molecular weight is 168 g/mol. The molecule has 4 nitrogen and oxygen atoms in total. The largest absolute Gasteiger partial charge is 0.425 e. The van der Waals surface area contributed by atoms with Gasteiger partial charge in [-0.3, -0.25) is 4.79 Å². The molecule has 0 saturated carbocycles. The summed E-state index contributed by atoms with van der Waals surface area (Å²) in [6.07, 6.45) is 0.249. The summed E-state index contributed by atoms with van der Waals surface area (Å²) in [5, 5.41) is 7.36. The summed E-state index contributed by atoms with van der Waals surface area (Å²) in [4.78, 5) is 11.2. The summed E-state index contributed by atoms with van der Waals surface area (Å²) in [6.45, 7) is 5.41. The maximum absolute atomic E-state index is 11.2. The molecular weight excluding hydrogens is 156 g/mol. The van der Waals surface area contributed by atoms with E-state index in [4.69, 9.17) is 4.42 Å². The monoisotopic (exact) mass is 168 g/mol. The van der Waals surface area contributed by atoms with Gasteiger partial charge < -0.3 is 4.42 Å². The SMILES string of the molecule is Cc1nnc(CC(=O)C(C)C)o1. The van der Waals surface area contributed by atoms with Gasteiger partial charge in [0.1, 0.15) is 5.78 Å². The van der Waals surface area contributed by atoms with Crippen LogP contribution >= 0.6 is 0 Å². The van der Waals surface area contributed by atoms with Gasteiger partial charge in [-0.15, -0.1) is 10.2 Å². The molecular formula is C8H12N2O2. The van der Waals surface area contributed by atoms with Crippen LogP contribution in [0.1, 0.15) is 25.6 Å². The van der Waals surface area contributed by atoms with E-state index in [0.717, 1.165) is 0 Å². The van der Waals surface area contributed by atoms with Gasteiger partial charge in [0.25, 0.3) is 0 Å². The second-order valence-electron chi connectivity index (χ2n) is 3.01. The summed E-state index contributed by atoms with van der Waals surface area (Å²) in [6, 6.07) is 0. The quantitative estimate of drug-likeness (QED) is 0.679. The van der Waals surface area contributed by atoms with Gasteiger partial charge in [-0.1, -0.05) is 13.8 Å². The van der Waals surface area contributed by atoms with Crippen molar-refractivity contribution in [3.8, 4) is 0 Å². The van der Waals surface area contributed by atoms with E-state index in [0.29, 0.717) is 11.8 Å². The number of carbonyl (C=O) groups is 1. The molecule has 1 heterocycles. The zero-order chi connectivity index (χ0) is 9.14. The summed E-state index contributed by atoms with van der Waals surface area (Å²) in [5.41, 5.74) is 0. The van der Waals surface area contributed by atoms with Crippen molar-refractivity contribution in [2.75, 3.05) is 0 Å². The lowest BCUT2D eigenvalue weighted by atomic mass is 10.1. The van der Waals surface area contributed by atoms with Crippen LogP contribution in [0.4, 0.5) is 0 Å². The third-order valence-electron chi connectivity index (χ3n) is 1.54. The normalized spacial score (nSPS) is 10.7. The molecule has 0 aromatic carbocycles. The van der Waals surface area contributed by atoms with E-state index in [2.05, 4.69) is 10.2 Å². The predicted molar refractivity (Wildman–Crippen MR) is 42.6 cm³/mol. The molecule has 0 aliphatic rings. The molecule has 0 spiro atoms. The third kappa shape index (κ3) is 2.15. The van der Waals surface area contributed by atoms with Crippen LogP contribution in [0.15, 0.2) is 4.42 Å². The molecule has 0 fully saturated rings. The standard InChI is InChI=1S/C8H12N2O2/c1-5(2)7(11)4-8-10-9-6(3)12-8/h5H,4H2,1-3H3. The minimum Gasteiger partial charge on any atom is -0.425 e. The number of Topliss-reactive ketones (excluding diaryl/α,β-unsaturated/α-hetero) is 1. The van der Waals surface area contributed by atoms with Crippen molar-refractivity contribution >= 4 is 5.78 Å². The Bertz CT molecular complexity index is 278. The molecule has 12 heavy (non-hydrogen) atoms. The van der Waals surface area contributed by atoms with Crippen LogP contribution in [0.2, 0.25) is 0 Å². The van der Waals surface area contributed by atoms with E-state index < -0.39 is 0 Å². The Morgan fingerprint density at radius 3 is 2.58 bits per heavy atom. The molecule has 1 aromatic heterocycles. The smallest absolute Gasteiger partial charge is 0.223 e. The molecule has 0 atom stereocenters. The number of ketones is 1. The molecule has 0 aliphatic carbocycles. The molecule has 66 valence electrons. The Labute approximate surface area is 71.0 Å². The van der Waals surface area contributed by atoms with Gasteiger partial charge in [-0.25, -0.2) is 0 Å². The lowest BCUT2D eigenvalue weighted by Gasteiger charge is -1.98. The molecule has 0 bridgehead atoms. The first kappa shape index (κ1) is 8.90. The predicted octanol–water partition coefficient (Wildman–Crippen LogP) is 1.15. The fraction of sp³-hybridized carbons (Fsp3) is 0.625. The van der Waals surface area contributed by atoms with E-state index in [1.807, 2.05) is 13.8 Å². The Kier molecular flexibility index (Phi) is 2.58. The number of aryl methyl sites for hydroxylation is 1. The van der Waals surface area contributed by atoms with Crippen molar-refractivity contribution in [1.82, 2.24) is 10.2 Å². The highest BCUT2D eigenvalue weighted by Gasteiger charge is 2.12. The van der Waals surface area contributed by atoms with Gasteiger partial charge in [0.15, 0.2) is 0 Å². The first-order valence-electron chi connectivity index (χ1n) is 3.91. The molecule has 0 amide bonds. The van der Waals surface area contributed by atoms with Crippen molar-refractivity contribution in [2.24, 2.45) is 5.92 Å². The van der Waals surface area contributed by atoms with Crippen LogP contribution < -0.4 is 0 Å². The van der Waals surface area contributed by atoms with Crippen molar-refractivity contribution in [2.45, 2.75) is 27.2 Å². The fourth-order valence-corrected chi connectivity index (χ4v) is 0.762. The van der Waals surface area contributed by atoms with E-state index >= 15 is 0 Å². The molecule has 4 heteroatoms. The summed E-state index contributed by atoms with van der Waals surface area (Å²) in [7, 11) is 0. The number of hydrogen-bond donors (Lipinski definition) is 0. The zero-order valence-corrected chi connectivity index (χ0v) is 7.50. The number of nitrogens with zero attached hydrogens (tertiary/aromatic N) is 2. The first-order chi connectivity index (χ1) is 5.59. The van der Waals surface area contributed by atoms with E-state index in [1.165, 1.54) is 0 Å². The number of aromatic nitrogens is 2. The maximum Gasteiger partial charge on any atom is 0.223 e. The Morgan fingerprint density at radius 1 is 1.50 bits per heavy atom. The number of carbonyl (C=O) groups excluding carboxylic acids is 1. The molecule has 1 rings (SSSR count). The first-order valence-corrected chi connectivity index (χ1v) is 3.91. The van der Waals surface area contributed by atoms with Crippen LogP contribution in [0, 0.1) is 12.8 Å². The Balaban J connectivity index is 2.58. The second kappa shape index (κ2) is 3.47. The minimum absolute atomic E-state index is 0.0252. The average Bonchev–Trinajstić information content (AvgIpc) is 2.35. The van der Waals surface area contributed by atoms with E-state index in [9.17, 15) is 4.79 Å². The van der Waals surface area contributed by atoms with Gasteiger partial charge in [-0.2, -0.15) is 0 Å². The van der Waals surface area contributed by atoms with Gasteiger partial charge in [0, 0.05) is 12.8 Å². The van der Waals surface area contributed by atoms with Gasteiger partial charge in [0.2, 0.25) is 11.8 Å². The molecule has 0 saturated heterocycles. The lowest BCUT2D eigenvalue weighted by molar-refractivity contribution is -0.121. The Morgan fingerprint density at radius 2 is 2.17 bits per heavy atom. The summed E-state index contributed by atoms with van der Waals surface area (Å²) < 4.78 is 5.06. The minimum atomic E-state index is 0.0252. The highest BCUT2D eigenvalue weighted by Crippen LogP contribution is 2.03. The van der Waals surface area contributed by atoms with Crippen LogP contribution in [0.5, 0.6) is 0 Å². The van der Waals surface area contributed by atoms with Crippen LogP contribution in [0.3, 0.4) is 0 Å². The fourth-order valence-electron chi connectivity index (χ4n) is 0.762. The molecule has 0 radical (unpaired) electrons. The molecule has 0 aliphatic heterocycles. The van der Waals surface area contributed by atoms with Gasteiger partial charge in [-0.05, 0) is 0 Å². The third-order valence-corrected chi connectivity index (χ3v) is 1.54. The van der Waals surface area contributed by atoms with Crippen LogP contribution in [-0.4, -0.2) is 16.0 Å². The number of hydrogen-bond acceptors (Lipinski definition) is 4. The Hall–Kier alpha value is -1.19. The number of rotatable bonds is 3. The summed E-state index contributed by atoms with van der Waals surface area (Å²) in [5.74, 6) is 1.06. The molecule has 1 aromatic rings. The van der Waals surface area contributed by atoms with Gasteiger partial charge >= 0.3 is 0 Å².